The molecule has 0 atom stereocenters. The molecule has 0 bridgehead atoms. The average Bonchev–Trinajstić information content (AvgIpc) is 2.41. The van der Waals surface area contributed by atoms with Gasteiger partial charge in [0.15, 0.2) is 11.5 Å². The van der Waals surface area contributed by atoms with Gasteiger partial charge in [-0.05, 0) is 12.0 Å². The summed E-state index contributed by atoms with van der Waals surface area (Å²) in [6, 6.07) is 5.89. The highest BCUT2D eigenvalue weighted by atomic mass is 16.5. The van der Waals surface area contributed by atoms with Crippen LogP contribution in [0.15, 0.2) is 18.2 Å². The van der Waals surface area contributed by atoms with E-state index in [1.54, 1.807) is 14.2 Å². The van der Waals surface area contributed by atoms with Crippen LogP contribution in [-0.4, -0.2) is 34.0 Å². The van der Waals surface area contributed by atoms with Gasteiger partial charge in [0.05, 0.1) is 20.8 Å². The number of hydrogen-bond acceptors (Lipinski definition) is 4. The van der Waals surface area contributed by atoms with E-state index in [1.807, 2.05) is 18.2 Å². The van der Waals surface area contributed by atoms with Gasteiger partial charge in [0, 0.05) is 25.3 Å². The van der Waals surface area contributed by atoms with Crippen molar-refractivity contribution in [2.75, 3.05) is 34.0 Å². The van der Waals surface area contributed by atoms with E-state index < -0.39 is 0 Å². The van der Waals surface area contributed by atoms with E-state index >= 15 is 0 Å². The minimum atomic E-state index is 0.582. The zero-order valence-electron chi connectivity index (χ0n) is 12.4. The molecule has 1 rings (SSSR count). The molecule has 0 saturated carbocycles. The minimum absolute atomic E-state index is 0.582. The molecule has 0 aliphatic carbocycles. The van der Waals surface area contributed by atoms with Crippen LogP contribution in [0.3, 0.4) is 0 Å². The largest absolute Gasteiger partial charge is 0.493 e. The van der Waals surface area contributed by atoms with Crippen LogP contribution in [0.25, 0.3) is 0 Å². The average molecular weight is 267 g/mol. The lowest BCUT2D eigenvalue weighted by Crippen LogP contribution is -2.20. The Balaban J connectivity index is 2.37. The Morgan fingerprint density at radius 1 is 1.16 bits per heavy atom. The van der Waals surface area contributed by atoms with Crippen LogP contribution in [0.1, 0.15) is 19.4 Å². The molecule has 4 heteroatoms. The molecule has 1 N–H and O–H groups in total. The van der Waals surface area contributed by atoms with Crippen molar-refractivity contribution in [3.05, 3.63) is 23.8 Å². The van der Waals surface area contributed by atoms with E-state index in [0.717, 1.165) is 43.4 Å². The van der Waals surface area contributed by atoms with E-state index in [2.05, 4.69) is 19.2 Å². The maximum atomic E-state index is 5.52. The topological polar surface area (TPSA) is 39.7 Å². The van der Waals surface area contributed by atoms with Crippen molar-refractivity contribution in [2.45, 2.75) is 20.4 Å². The van der Waals surface area contributed by atoms with Crippen molar-refractivity contribution in [1.29, 1.82) is 0 Å². The van der Waals surface area contributed by atoms with Gasteiger partial charge in [0.2, 0.25) is 0 Å². The van der Waals surface area contributed by atoms with E-state index in [9.17, 15) is 0 Å². The van der Waals surface area contributed by atoms with Gasteiger partial charge in [-0.2, -0.15) is 0 Å². The Morgan fingerprint density at radius 3 is 2.58 bits per heavy atom. The van der Waals surface area contributed by atoms with Gasteiger partial charge in [-0.25, -0.2) is 0 Å². The summed E-state index contributed by atoms with van der Waals surface area (Å²) in [5.41, 5.74) is 1.09. The van der Waals surface area contributed by atoms with Gasteiger partial charge in [-0.1, -0.05) is 26.0 Å². The standard InChI is InChI=1S/C15H25NO3/c1-12(2)11-19-9-8-16-10-13-6-5-7-14(17-3)15(13)18-4/h5-7,12,16H,8-11H2,1-4H3. The molecular formula is C15H25NO3. The molecule has 0 aromatic heterocycles. The van der Waals surface area contributed by atoms with E-state index in [0.29, 0.717) is 5.92 Å². The van der Waals surface area contributed by atoms with Crippen LogP contribution in [0.2, 0.25) is 0 Å². The number of nitrogens with one attached hydrogen (secondary N) is 1. The molecule has 0 radical (unpaired) electrons. The first-order valence-electron chi connectivity index (χ1n) is 6.67. The number of methoxy groups -OCH3 is 2. The maximum absolute atomic E-state index is 5.52. The lowest BCUT2D eigenvalue weighted by molar-refractivity contribution is 0.111. The molecule has 1 aromatic rings. The summed E-state index contributed by atoms with van der Waals surface area (Å²) in [6.45, 7) is 7.40. The van der Waals surface area contributed by atoms with Gasteiger partial charge >= 0.3 is 0 Å². The van der Waals surface area contributed by atoms with Crippen LogP contribution >= 0.6 is 0 Å². The van der Waals surface area contributed by atoms with Crippen molar-refractivity contribution in [2.24, 2.45) is 5.92 Å². The van der Waals surface area contributed by atoms with Gasteiger partial charge < -0.3 is 19.5 Å². The van der Waals surface area contributed by atoms with Crippen molar-refractivity contribution < 1.29 is 14.2 Å². The van der Waals surface area contributed by atoms with E-state index in [1.165, 1.54) is 0 Å². The minimum Gasteiger partial charge on any atom is -0.493 e. The predicted molar refractivity (Wildman–Crippen MR) is 76.9 cm³/mol. The van der Waals surface area contributed by atoms with E-state index in [-0.39, 0.29) is 0 Å². The van der Waals surface area contributed by atoms with Crippen LogP contribution in [0.4, 0.5) is 0 Å². The van der Waals surface area contributed by atoms with E-state index in [4.69, 9.17) is 14.2 Å². The summed E-state index contributed by atoms with van der Waals surface area (Å²) >= 11 is 0. The van der Waals surface area contributed by atoms with Crippen LogP contribution in [0, 0.1) is 5.92 Å². The molecule has 108 valence electrons. The Hall–Kier alpha value is -1.26. The molecular weight excluding hydrogens is 242 g/mol. The fourth-order valence-electron chi connectivity index (χ4n) is 1.78. The SMILES string of the molecule is COc1cccc(CNCCOCC(C)C)c1OC. The Bertz CT molecular complexity index is 366. The number of ether oxygens (including phenoxy) is 3. The van der Waals surface area contributed by atoms with Crippen molar-refractivity contribution in [1.82, 2.24) is 5.32 Å². The third-order valence-corrected chi connectivity index (χ3v) is 2.67. The smallest absolute Gasteiger partial charge is 0.165 e. The predicted octanol–water partition coefficient (Wildman–Crippen LogP) is 2.47. The van der Waals surface area contributed by atoms with Gasteiger partial charge in [0.1, 0.15) is 0 Å². The third-order valence-electron chi connectivity index (χ3n) is 2.67. The first-order valence-corrected chi connectivity index (χ1v) is 6.67. The summed E-state index contributed by atoms with van der Waals surface area (Å²) in [5.74, 6) is 2.14. The molecule has 0 amide bonds. The molecule has 0 fully saturated rings. The lowest BCUT2D eigenvalue weighted by atomic mass is 10.2. The first-order chi connectivity index (χ1) is 9.19. The zero-order valence-corrected chi connectivity index (χ0v) is 12.4. The maximum Gasteiger partial charge on any atom is 0.165 e. The first kappa shape index (κ1) is 15.8. The molecule has 0 unspecified atom stereocenters. The van der Waals surface area contributed by atoms with Crippen molar-refractivity contribution in [3.8, 4) is 11.5 Å². The van der Waals surface area contributed by atoms with Gasteiger partial charge in [-0.3, -0.25) is 0 Å². The normalized spacial score (nSPS) is 10.8. The highest BCUT2D eigenvalue weighted by Gasteiger charge is 2.08. The second-order valence-electron chi connectivity index (χ2n) is 4.80. The number of benzene rings is 1. The quantitative estimate of drug-likeness (QED) is 0.698. The Morgan fingerprint density at radius 2 is 1.95 bits per heavy atom. The Kier molecular flexibility index (Phi) is 7.30. The summed E-state index contributed by atoms with van der Waals surface area (Å²) < 4.78 is 16.2. The molecule has 0 heterocycles. The fraction of sp³-hybridized carbons (Fsp3) is 0.600. The lowest BCUT2D eigenvalue weighted by Gasteiger charge is -2.13. The number of rotatable bonds is 9. The second kappa shape index (κ2) is 8.77. The number of para-hydroxylation sites is 1. The molecule has 4 nitrogen and oxygen atoms in total. The summed E-state index contributed by atoms with van der Waals surface area (Å²) in [6.07, 6.45) is 0. The summed E-state index contributed by atoms with van der Waals surface area (Å²) in [4.78, 5) is 0. The monoisotopic (exact) mass is 267 g/mol. The van der Waals surface area contributed by atoms with Gasteiger partial charge in [-0.15, -0.1) is 0 Å². The number of hydrogen-bond donors (Lipinski definition) is 1. The molecule has 0 aliphatic heterocycles. The van der Waals surface area contributed by atoms with Gasteiger partial charge in [0.25, 0.3) is 0 Å². The van der Waals surface area contributed by atoms with Crippen molar-refractivity contribution >= 4 is 0 Å². The molecule has 0 aliphatic rings. The third kappa shape index (κ3) is 5.49. The highest BCUT2D eigenvalue weighted by Crippen LogP contribution is 2.30. The van der Waals surface area contributed by atoms with Crippen LogP contribution in [-0.2, 0) is 11.3 Å². The van der Waals surface area contributed by atoms with Crippen LogP contribution in [0.5, 0.6) is 11.5 Å². The van der Waals surface area contributed by atoms with Crippen LogP contribution < -0.4 is 14.8 Å². The van der Waals surface area contributed by atoms with Crippen molar-refractivity contribution in [3.63, 3.8) is 0 Å². The summed E-state index contributed by atoms with van der Waals surface area (Å²) in [5, 5.41) is 3.34. The fourth-order valence-corrected chi connectivity index (χ4v) is 1.78. The highest BCUT2D eigenvalue weighted by molar-refractivity contribution is 5.46. The Labute approximate surface area is 116 Å². The molecule has 1 aromatic carbocycles. The molecule has 19 heavy (non-hydrogen) atoms. The molecule has 0 saturated heterocycles. The molecule has 0 spiro atoms. The zero-order chi connectivity index (χ0) is 14.1. The summed E-state index contributed by atoms with van der Waals surface area (Å²) in [7, 11) is 3.31. The second-order valence-corrected chi connectivity index (χ2v) is 4.80.